The third kappa shape index (κ3) is 2.70. The predicted molar refractivity (Wildman–Crippen MR) is 74.2 cm³/mol. The molecule has 2 rings (SSSR count). The molecule has 1 unspecified atom stereocenters. The fraction of sp³-hybridized carbons (Fsp3) is 0.467. The van der Waals surface area contributed by atoms with Crippen molar-refractivity contribution in [1.82, 2.24) is 9.38 Å². The molecule has 0 bridgehead atoms. The van der Waals surface area contributed by atoms with Crippen LogP contribution in [0, 0.1) is 18.3 Å². The lowest BCUT2D eigenvalue weighted by atomic mass is 10.2. The minimum absolute atomic E-state index is 0.174. The van der Waals surface area contributed by atoms with Gasteiger partial charge in [-0.25, -0.2) is 4.98 Å². The van der Waals surface area contributed by atoms with Crippen LogP contribution in [0.1, 0.15) is 38.1 Å². The van der Waals surface area contributed by atoms with Gasteiger partial charge >= 0.3 is 0 Å². The molecule has 100 valence electrons. The van der Waals surface area contributed by atoms with E-state index in [9.17, 15) is 0 Å². The lowest BCUT2D eigenvalue weighted by Crippen LogP contribution is -2.11. The highest BCUT2D eigenvalue weighted by Gasteiger charge is 2.13. The van der Waals surface area contributed by atoms with E-state index in [0.29, 0.717) is 6.42 Å². The second-order valence-electron chi connectivity index (χ2n) is 4.76. The number of fused-ring (bicyclic) bond motifs is 1. The molecule has 0 fully saturated rings. The summed E-state index contributed by atoms with van der Waals surface area (Å²) in [6.45, 7) is 6.14. The van der Waals surface area contributed by atoms with Gasteiger partial charge in [0.2, 0.25) is 0 Å². The van der Waals surface area contributed by atoms with Crippen LogP contribution >= 0.6 is 0 Å². The molecule has 0 aliphatic heterocycles. The molecule has 4 nitrogen and oxygen atoms in total. The normalized spacial score (nSPS) is 12.3. The summed E-state index contributed by atoms with van der Waals surface area (Å²) in [5, 5.41) is 8.88. The molecular weight excluding hydrogens is 238 g/mol. The van der Waals surface area contributed by atoms with Crippen LogP contribution in [0.15, 0.2) is 18.3 Å². The van der Waals surface area contributed by atoms with Crippen LogP contribution in [0.3, 0.4) is 0 Å². The number of aryl methyl sites for hydroxylation is 1. The van der Waals surface area contributed by atoms with Gasteiger partial charge in [-0.2, -0.15) is 5.26 Å². The van der Waals surface area contributed by atoms with E-state index in [1.165, 1.54) is 0 Å². The maximum atomic E-state index is 8.88. The Labute approximate surface area is 113 Å². The second-order valence-corrected chi connectivity index (χ2v) is 4.76. The molecule has 0 radical (unpaired) electrons. The lowest BCUT2D eigenvalue weighted by Gasteiger charge is -2.14. The van der Waals surface area contributed by atoms with E-state index in [0.717, 1.165) is 35.6 Å². The predicted octanol–water partition coefficient (Wildman–Crippen LogP) is 3.28. The topological polar surface area (TPSA) is 50.3 Å². The van der Waals surface area contributed by atoms with Gasteiger partial charge in [0, 0.05) is 6.20 Å². The Kier molecular flexibility index (Phi) is 4.06. The third-order valence-electron chi connectivity index (χ3n) is 3.18. The molecule has 0 N–H and O–H groups in total. The number of ether oxygens (including phenoxy) is 1. The largest absolute Gasteiger partial charge is 0.487 e. The van der Waals surface area contributed by atoms with Crippen molar-refractivity contribution in [2.24, 2.45) is 0 Å². The molecule has 1 atom stereocenters. The van der Waals surface area contributed by atoms with Crippen LogP contribution in [0.4, 0.5) is 0 Å². The van der Waals surface area contributed by atoms with Gasteiger partial charge in [-0.1, -0.05) is 13.3 Å². The first-order valence-corrected chi connectivity index (χ1v) is 6.67. The number of nitriles is 1. The molecule has 0 spiro atoms. The third-order valence-corrected chi connectivity index (χ3v) is 3.18. The van der Waals surface area contributed by atoms with E-state index in [2.05, 4.69) is 24.9 Å². The Hall–Kier alpha value is -2.02. The van der Waals surface area contributed by atoms with Crippen molar-refractivity contribution in [3.63, 3.8) is 0 Å². The number of nitrogens with zero attached hydrogens (tertiary/aromatic N) is 3. The smallest absolute Gasteiger partial charge is 0.180 e. The van der Waals surface area contributed by atoms with Crippen LogP contribution in [0.2, 0.25) is 0 Å². The van der Waals surface area contributed by atoms with E-state index < -0.39 is 0 Å². The molecule has 0 aliphatic rings. The van der Waals surface area contributed by atoms with Crippen LogP contribution in [-0.4, -0.2) is 15.5 Å². The fourth-order valence-electron chi connectivity index (χ4n) is 2.27. The summed E-state index contributed by atoms with van der Waals surface area (Å²) in [5.74, 6) is 0.788. The Balaban J connectivity index is 2.41. The van der Waals surface area contributed by atoms with Gasteiger partial charge in [0.25, 0.3) is 0 Å². The first-order chi connectivity index (χ1) is 9.17. The fourth-order valence-corrected chi connectivity index (χ4v) is 2.27. The van der Waals surface area contributed by atoms with Crippen molar-refractivity contribution < 1.29 is 4.74 Å². The number of hydrogen-bond acceptors (Lipinski definition) is 3. The number of rotatable bonds is 5. The van der Waals surface area contributed by atoms with E-state index in [1.807, 2.05) is 29.7 Å². The van der Waals surface area contributed by atoms with Gasteiger partial charge in [-0.15, -0.1) is 0 Å². The van der Waals surface area contributed by atoms with Crippen molar-refractivity contribution in [2.75, 3.05) is 0 Å². The summed E-state index contributed by atoms with van der Waals surface area (Å²) in [6, 6.07) is 6.05. The first-order valence-electron chi connectivity index (χ1n) is 6.67. The zero-order valence-corrected chi connectivity index (χ0v) is 11.7. The molecule has 2 aromatic heterocycles. The molecule has 2 aromatic rings. The Morgan fingerprint density at radius 1 is 1.53 bits per heavy atom. The molecule has 0 saturated heterocycles. The number of hydrogen-bond donors (Lipinski definition) is 0. The van der Waals surface area contributed by atoms with Gasteiger partial charge in [0.1, 0.15) is 0 Å². The van der Waals surface area contributed by atoms with Gasteiger partial charge in [-0.3, -0.25) is 4.40 Å². The van der Waals surface area contributed by atoms with E-state index in [4.69, 9.17) is 10.00 Å². The molecule has 0 saturated carbocycles. The molecule has 0 amide bonds. The SMILES string of the molecule is CCCC(C)Oc1cccn2c(CC#N)c(C)nc12. The highest BCUT2D eigenvalue weighted by molar-refractivity contribution is 5.56. The van der Waals surface area contributed by atoms with Crippen molar-refractivity contribution >= 4 is 5.65 Å². The summed E-state index contributed by atoms with van der Waals surface area (Å²) < 4.78 is 7.90. The zero-order valence-electron chi connectivity index (χ0n) is 11.7. The average Bonchev–Trinajstić information content (AvgIpc) is 2.69. The maximum Gasteiger partial charge on any atom is 0.180 e. The van der Waals surface area contributed by atoms with Gasteiger partial charge in [0.15, 0.2) is 11.4 Å². The van der Waals surface area contributed by atoms with Crippen molar-refractivity contribution in [2.45, 2.75) is 46.1 Å². The number of aromatic nitrogens is 2. The molecule has 4 heteroatoms. The van der Waals surface area contributed by atoms with Crippen molar-refractivity contribution in [3.05, 3.63) is 29.7 Å². The average molecular weight is 257 g/mol. The van der Waals surface area contributed by atoms with Gasteiger partial charge in [0.05, 0.1) is 30.0 Å². The van der Waals surface area contributed by atoms with Crippen molar-refractivity contribution in [1.29, 1.82) is 5.26 Å². The monoisotopic (exact) mass is 257 g/mol. The highest BCUT2D eigenvalue weighted by Crippen LogP contribution is 2.23. The summed E-state index contributed by atoms with van der Waals surface area (Å²) in [4.78, 5) is 4.53. The second kappa shape index (κ2) is 5.75. The Morgan fingerprint density at radius 2 is 2.32 bits per heavy atom. The molecule has 0 aliphatic carbocycles. The molecular formula is C15H19N3O. The Bertz CT molecular complexity index is 610. The van der Waals surface area contributed by atoms with E-state index in [1.54, 1.807) is 0 Å². The standard InChI is InChI=1S/C15H19N3O/c1-4-6-11(2)19-14-7-5-10-18-13(8-9-16)12(3)17-15(14)18/h5,7,10-11H,4,6,8H2,1-3H3. The summed E-state index contributed by atoms with van der Waals surface area (Å²) in [7, 11) is 0. The van der Waals surface area contributed by atoms with Crippen LogP contribution in [0.25, 0.3) is 5.65 Å². The van der Waals surface area contributed by atoms with Crippen LogP contribution in [-0.2, 0) is 6.42 Å². The Morgan fingerprint density at radius 3 is 3.00 bits per heavy atom. The van der Waals surface area contributed by atoms with Gasteiger partial charge < -0.3 is 4.74 Å². The zero-order chi connectivity index (χ0) is 13.8. The number of imidazole rings is 1. The minimum atomic E-state index is 0.174. The number of pyridine rings is 1. The quantitative estimate of drug-likeness (QED) is 0.826. The summed E-state index contributed by atoms with van der Waals surface area (Å²) in [5.41, 5.74) is 2.63. The summed E-state index contributed by atoms with van der Waals surface area (Å²) in [6.07, 6.45) is 4.58. The molecule has 19 heavy (non-hydrogen) atoms. The van der Waals surface area contributed by atoms with Crippen LogP contribution < -0.4 is 4.74 Å². The molecule has 0 aromatic carbocycles. The van der Waals surface area contributed by atoms with Crippen LogP contribution in [0.5, 0.6) is 5.75 Å². The maximum absolute atomic E-state index is 8.88. The minimum Gasteiger partial charge on any atom is -0.487 e. The van der Waals surface area contributed by atoms with E-state index in [-0.39, 0.29) is 6.10 Å². The highest BCUT2D eigenvalue weighted by atomic mass is 16.5. The van der Waals surface area contributed by atoms with E-state index >= 15 is 0 Å². The summed E-state index contributed by atoms with van der Waals surface area (Å²) >= 11 is 0. The van der Waals surface area contributed by atoms with Gasteiger partial charge in [-0.05, 0) is 32.4 Å². The lowest BCUT2D eigenvalue weighted by molar-refractivity contribution is 0.211. The van der Waals surface area contributed by atoms with Crippen molar-refractivity contribution in [3.8, 4) is 11.8 Å². The molecule has 2 heterocycles. The first kappa shape index (κ1) is 13.4.